The first-order valence-corrected chi connectivity index (χ1v) is 6.89. The molecular weight excluding hydrogens is 256 g/mol. The zero-order chi connectivity index (χ0) is 14.3. The summed E-state index contributed by atoms with van der Waals surface area (Å²) >= 11 is 0. The third kappa shape index (κ3) is 2.04. The molecule has 1 saturated heterocycles. The number of ether oxygens (including phenoxy) is 1. The van der Waals surface area contributed by atoms with E-state index in [0.29, 0.717) is 25.7 Å². The Labute approximate surface area is 118 Å². The molecule has 1 amide bonds. The lowest BCUT2D eigenvalue weighted by Gasteiger charge is -2.34. The molecule has 1 spiro atoms. The molecule has 0 bridgehead atoms. The maximum atomic E-state index is 11.6. The normalized spacial score (nSPS) is 24.9. The van der Waals surface area contributed by atoms with Crippen LogP contribution in [0.2, 0.25) is 0 Å². The van der Waals surface area contributed by atoms with Crippen LogP contribution < -0.4 is 4.90 Å². The van der Waals surface area contributed by atoms with Crippen LogP contribution in [0.3, 0.4) is 0 Å². The predicted octanol–water partition coefficient (Wildman–Crippen LogP) is 0.563. The molecule has 0 saturated carbocycles. The minimum Gasteiger partial charge on any atom is -0.376 e. The minimum absolute atomic E-state index is 0.121. The van der Waals surface area contributed by atoms with E-state index < -0.39 is 0 Å². The van der Waals surface area contributed by atoms with Crippen molar-refractivity contribution in [2.24, 2.45) is 0 Å². The second-order valence-corrected chi connectivity index (χ2v) is 5.90. The van der Waals surface area contributed by atoms with E-state index in [1.165, 1.54) is 0 Å². The van der Waals surface area contributed by atoms with Crippen molar-refractivity contribution in [3.05, 3.63) is 17.5 Å². The Balaban J connectivity index is 2.01. The van der Waals surface area contributed by atoms with Gasteiger partial charge in [0.05, 0.1) is 24.3 Å². The van der Waals surface area contributed by atoms with E-state index in [0.717, 1.165) is 24.2 Å². The number of hydrogen-bond acceptors (Lipinski definition) is 5. The molecule has 3 rings (SSSR count). The van der Waals surface area contributed by atoms with Gasteiger partial charge in [0.15, 0.2) is 0 Å². The molecule has 20 heavy (non-hydrogen) atoms. The Bertz CT molecular complexity index is 546. The molecule has 0 N–H and O–H groups in total. The van der Waals surface area contributed by atoms with E-state index in [4.69, 9.17) is 9.72 Å². The monoisotopic (exact) mass is 276 g/mol. The number of carbonyl (C=O) groups is 1. The molecule has 6 heteroatoms. The maximum Gasteiger partial charge on any atom is 0.225 e. The van der Waals surface area contributed by atoms with E-state index in [-0.39, 0.29) is 11.3 Å². The van der Waals surface area contributed by atoms with Crippen LogP contribution in [-0.2, 0) is 21.6 Å². The number of anilines is 1. The van der Waals surface area contributed by atoms with E-state index in [2.05, 4.69) is 4.98 Å². The van der Waals surface area contributed by atoms with Crippen molar-refractivity contribution < 1.29 is 9.53 Å². The van der Waals surface area contributed by atoms with Crippen LogP contribution >= 0.6 is 0 Å². The van der Waals surface area contributed by atoms with Crippen molar-refractivity contribution in [2.75, 3.05) is 38.7 Å². The van der Waals surface area contributed by atoms with Gasteiger partial charge in [-0.15, -0.1) is 0 Å². The molecule has 2 aliphatic rings. The highest BCUT2D eigenvalue weighted by Crippen LogP contribution is 2.39. The molecule has 0 radical (unpaired) electrons. The Morgan fingerprint density at radius 3 is 2.95 bits per heavy atom. The average molecular weight is 276 g/mol. The molecule has 3 heterocycles. The van der Waals surface area contributed by atoms with Gasteiger partial charge in [-0.3, -0.25) is 4.79 Å². The maximum absolute atomic E-state index is 11.6. The second-order valence-electron chi connectivity index (χ2n) is 5.90. The summed E-state index contributed by atoms with van der Waals surface area (Å²) in [6, 6.07) is 0. The van der Waals surface area contributed by atoms with Gasteiger partial charge in [0.2, 0.25) is 11.9 Å². The van der Waals surface area contributed by atoms with Gasteiger partial charge in [-0.1, -0.05) is 0 Å². The van der Waals surface area contributed by atoms with E-state index in [9.17, 15) is 4.79 Å². The fourth-order valence-electron chi connectivity index (χ4n) is 3.05. The van der Waals surface area contributed by atoms with Crippen molar-refractivity contribution in [1.82, 2.24) is 14.9 Å². The number of nitrogens with zero attached hydrogens (tertiary/aromatic N) is 4. The first-order valence-electron chi connectivity index (χ1n) is 6.89. The first kappa shape index (κ1) is 13.3. The van der Waals surface area contributed by atoms with Gasteiger partial charge >= 0.3 is 0 Å². The van der Waals surface area contributed by atoms with Crippen molar-refractivity contribution in [2.45, 2.75) is 25.4 Å². The number of hydrogen-bond donors (Lipinski definition) is 0. The fraction of sp³-hybridized carbons (Fsp3) is 0.643. The van der Waals surface area contributed by atoms with Gasteiger partial charge in [0, 0.05) is 45.9 Å². The van der Waals surface area contributed by atoms with E-state index >= 15 is 0 Å². The lowest BCUT2D eigenvalue weighted by atomic mass is 9.80. The molecular formula is C14H20N4O2. The van der Waals surface area contributed by atoms with E-state index in [1.807, 2.05) is 30.1 Å². The standard InChI is InChI=1S/C14H20N4O2/c1-10(19)18-5-4-14(8-18)9-20-7-11-6-15-13(17(2)3)16-12(11)14/h6H,4-5,7-9H2,1-3H3/t14-/m0/s1. The van der Waals surface area contributed by atoms with Crippen LogP contribution in [0, 0.1) is 0 Å². The summed E-state index contributed by atoms with van der Waals surface area (Å²) in [5.74, 6) is 0.835. The predicted molar refractivity (Wildman–Crippen MR) is 74.6 cm³/mol. The van der Waals surface area contributed by atoms with Crippen molar-refractivity contribution in [1.29, 1.82) is 0 Å². The highest BCUT2D eigenvalue weighted by Gasteiger charge is 2.45. The highest BCUT2D eigenvalue weighted by atomic mass is 16.5. The Morgan fingerprint density at radius 1 is 1.50 bits per heavy atom. The zero-order valence-electron chi connectivity index (χ0n) is 12.2. The quantitative estimate of drug-likeness (QED) is 0.750. The van der Waals surface area contributed by atoms with Crippen molar-refractivity contribution in [3.63, 3.8) is 0 Å². The largest absolute Gasteiger partial charge is 0.376 e. The Morgan fingerprint density at radius 2 is 2.30 bits per heavy atom. The van der Waals surface area contributed by atoms with Gasteiger partial charge in [-0.2, -0.15) is 0 Å². The van der Waals surface area contributed by atoms with Gasteiger partial charge in [0.1, 0.15) is 0 Å². The van der Waals surface area contributed by atoms with Gasteiger partial charge < -0.3 is 14.5 Å². The van der Waals surface area contributed by atoms with Crippen molar-refractivity contribution >= 4 is 11.9 Å². The number of aromatic nitrogens is 2. The molecule has 108 valence electrons. The summed E-state index contributed by atoms with van der Waals surface area (Å²) in [5.41, 5.74) is 1.95. The summed E-state index contributed by atoms with van der Waals surface area (Å²) in [6.07, 6.45) is 2.76. The summed E-state index contributed by atoms with van der Waals surface area (Å²) in [7, 11) is 3.87. The third-order valence-electron chi connectivity index (χ3n) is 4.19. The molecule has 1 aromatic heterocycles. The van der Waals surface area contributed by atoms with Crippen LogP contribution in [0.25, 0.3) is 0 Å². The van der Waals surface area contributed by atoms with E-state index in [1.54, 1.807) is 6.92 Å². The molecule has 6 nitrogen and oxygen atoms in total. The summed E-state index contributed by atoms with van der Waals surface area (Å²) < 4.78 is 5.73. The number of fused-ring (bicyclic) bond motifs is 2. The molecule has 2 aliphatic heterocycles. The highest BCUT2D eigenvalue weighted by molar-refractivity contribution is 5.73. The minimum atomic E-state index is -0.160. The van der Waals surface area contributed by atoms with Crippen molar-refractivity contribution in [3.8, 4) is 0 Å². The third-order valence-corrected chi connectivity index (χ3v) is 4.19. The fourth-order valence-corrected chi connectivity index (χ4v) is 3.05. The van der Waals surface area contributed by atoms with Crippen LogP contribution in [0.15, 0.2) is 6.20 Å². The molecule has 1 atom stereocenters. The van der Waals surface area contributed by atoms with Crippen LogP contribution in [0.1, 0.15) is 24.6 Å². The smallest absolute Gasteiger partial charge is 0.225 e. The SMILES string of the molecule is CC(=O)N1CC[C@@]2(COCc3cnc(N(C)C)nc32)C1. The van der Waals surface area contributed by atoms with Crippen LogP contribution in [0.5, 0.6) is 0 Å². The average Bonchev–Trinajstić information content (AvgIpc) is 2.84. The Kier molecular flexibility index (Phi) is 3.12. The lowest BCUT2D eigenvalue weighted by Crippen LogP contribution is -2.41. The number of rotatable bonds is 1. The topological polar surface area (TPSA) is 58.6 Å². The number of carbonyl (C=O) groups excluding carboxylic acids is 1. The Hall–Kier alpha value is -1.69. The molecule has 0 aromatic carbocycles. The molecule has 0 unspecified atom stereocenters. The molecule has 0 aliphatic carbocycles. The van der Waals surface area contributed by atoms with Gasteiger partial charge in [-0.25, -0.2) is 9.97 Å². The summed E-state index contributed by atoms with van der Waals surface area (Å²) in [4.78, 5) is 24.5. The molecule has 1 fully saturated rings. The second kappa shape index (κ2) is 4.70. The van der Waals surface area contributed by atoms with Gasteiger partial charge in [-0.05, 0) is 6.42 Å². The zero-order valence-corrected chi connectivity index (χ0v) is 12.2. The number of amides is 1. The van der Waals surface area contributed by atoms with Crippen LogP contribution in [-0.4, -0.2) is 54.6 Å². The number of likely N-dealkylation sites (tertiary alicyclic amines) is 1. The van der Waals surface area contributed by atoms with Gasteiger partial charge in [0.25, 0.3) is 0 Å². The first-order chi connectivity index (χ1) is 9.52. The van der Waals surface area contributed by atoms with Crippen LogP contribution in [0.4, 0.5) is 5.95 Å². The summed E-state index contributed by atoms with van der Waals surface area (Å²) in [6.45, 7) is 4.28. The lowest BCUT2D eigenvalue weighted by molar-refractivity contribution is -0.128. The summed E-state index contributed by atoms with van der Waals surface area (Å²) in [5, 5.41) is 0. The molecule has 1 aromatic rings.